The van der Waals surface area contributed by atoms with Crippen molar-refractivity contribution in [1.82, 2.24) is 5.32 Å². The van der Waals surface area contributed by atoms with Crippen LogP contribution < -0.4 is 5.32 Å². The zero-order chi connectivity index (χ0) is 16.1. The van der Waals surface area contributed by atoms with Gasteiger partial charge >= 0.3 is 12.1 Å². The Kier molecular flexibility index (Phi) is 6.37. The minimum absolute atomic E-state index is 0.105. The van der Waals surface area contributed by atoms with Gasteiger partial charge in [-0.3, -0.25) is 0 Å². The van der Waals surface area contributed by atoms with E-state index in [9.17, 15) is 18.4 Å². The van der Waals surface area contributed by atoms with E-state index in [4.69, 9.17) is 9.84 Å². The molecule has 20 heavy (non-hydrogen) atoms. The number of ether oxygens (including phenoxy) is 1. The first-order valence-corrected chi connectivity index (χ1v) is 6.33. The number of alkyl halides is 2. The Morgan fingerprint density at radius 3 is 2.00 bits per heavy atom. The Balaban J connectivity index is 4.67. The molecule has 0 saturated heterocycles. The molecule has 0 heterocycles. The predicted molar refractivity (Wildman–Crippen MR) is 69.8 cm³/mol. The molecule has 0 aromatic heterocycles. The summed E-state index contributed by atoms with van der Waals surface area (Å²) in [6.07, 6.45) is -3.95. The summed E-state index contributed by atoms with van der Waals surface area (Å²) in [6, 6.07) is -1.27. The molecule has 5 nitrogen and oxygen atoms in total. The van der Waals surface area contributed by atoms with Gasteiger partial charge in [0.2, 0.25) is 6.43 Å². The van der Waals surface area contributed by atoms with Gasteiger partial charge in [0.15, 0.2) is 0 Å². The molecule has 0 bridgehead atoms. The van der Waals surface area contributed by atoms with Crippen molar-refractivity contribution < 1.29 is 28.2 Å². The Morgan fingerprint density at radius 2 is 1.65 bits per heavy atom. The van der Waals surface area contributed by atoms with Gasteiger partial charge in [-0.25, -0.2) is 18.4 Å². The molecule has 0 aromatic rings. The molecule has 0 aliphatic carbocycles. The molecule has 7 heteroatoms. The second kappa shape index (κ2) is 6.85. The lowest BCUT2D eigenvalue weighted by Gasteiger charge is -2.28. The number of nitrogens with one attached hydrogen (secondary N) is 1. The smallest absolute Gasteiger partial charge is 0.408 e. The van der Waals surface area contributed by atoms with Crippen LogP contribution in [0.3, 0.4) is 0 Å². The van der Waals surface area contributed by atoms with Crippen LogP contribution in [0.5, 0.6) is 0 Å². The number of carbonyl (C=O) groups is 2. The first-order chi connectivity index (χ1) is 8.82. The molecule has 1 amide bonds. The third kappa shape index (κ3) is 8.66. The van der Waals surface area contributed by atoms with Crippen LogP contribution in [0.15, 0.2) is 0 Å². The molecule has 0 aromatic carbocycles. The van der Waals surface area contributed by atoms with Gasteiger partial charge in [-0.2, -0.15) is 0 Å². The number of hydrogen-bond donors (Lipinski definition) is 2. The highest BCUT2D eigenvalue weighted by Gasteiger charge is 2.32. The average molecular weight is 295 g/mol. The summed E-state index contributed by atoms with van der Waals surface area (Å²) in [5.74, 6) is -1.28. The maximum absolute atomic E-state index is 12.4. The molecular weight excluding hydrogens is 272 g/mol. The Hall–Kier alpha value is -1.40. The van der Waals surface area contributed by atoms with E-state index in [1.807, 2.05) is 0 Å². The van der Waals surface area contributed by atoms with Crippen molar-refractivity contribution in [2.75, 3.05) is 0 Å². The summed E-state index contributed by atoms with van der Waals surface area (Å²) < 4.78 is 29.8. The van der Waals surface area contributed by atoms with Crippen LogP contribution in [-0.2, 0) is 9.53 Å². The average Bonchev–Trinajstić information content (AvgIpc) is 2.09. The third-order valence-electron chi connectivity index (χ3n) is 2.45. The van der Waals surface area contributed by atoms with E-state index in [-0.39, 0.29) is 6.42 Å². The fourth-order valence-corrected chi connectivity index (χ4v) is 1.70. The van der Waals surface area contributed by atoms with E-state index in [2.05, 4.69) is 5.32 Å². The quantitative estimate of drug-likeness (QED) is 0.789. The van der Waals surface area contributed by atoms with E-state index < -0.39 is 42.0 Å². The summed E-state index contributed by atoms with van der Waals surface area (Å²) >= 11 is 0. The molecule has 0 saturated carbocycles. The van der Waals surface area contributed by atoms with Gasteiger partial charge in [-0.15, -0.1) is 0 Å². The highest BCUT2D eigenvalue weighted by Crippen LogP contribution is 2.30. The maximum Gasteiger partial charge on any atom is 0.408 e. The number of rotatable bonds is 6. The molecule has 1 unspecified atom stereocenters. The van der Waals surface area contributed by atoms with Crippen LogP contribution in [0.1, 0.15) is 47.5 Å². The van der Waals surface area contributed by atoms with Crippen molar-refractivity contribution >= 4 is 12.1 Å². The minimum atomic E-state index is -2.53. The molecule has 1 atom stereocenters. The molecule has 2 N–H and O–H groups in total. The normalized spacial score (nSPS) is 14.0. The molecule has 0 aliphatic heterocycles. The number of amides is 1. The van der Waals surface area contributed by atoms with Crippen LogP contribution in [0.4, 0.5) is 13.6 Å². The number of carboxylic acid groups (broad SMARTS) is 1. The summed E-state index contributed by atoms with van der Waals surface area (Å²) in [7, 11) is 0. The first kappa shape index (κ1) is 18.6. The summed E-state index contributed by atoms with van der Waals surface area (Å²) in [4.78, 5) is 22.6. The molecule has 0 spiro atoms. The van der Waals surface area contributed by atoms with Crippen LogP contribution in [-0.4, -0.2) is 35.2 Å². The van der Waals surface area contributed by atoms with E-state index in [0.717, 1.165) is 0 Å². The minimum Gasteiger partial charge on any atom is -0.480 e. The van der Waals surface area contributed by atoms with Crippen LogP contribution in [0, 0.1) is 5.41 Å². The van der Waals surface area contributed by atoms with Crippen molar-refractivity contribution in [2.24, 2.45) is 5.41 Å². The standard InChI is InChI=1S/C13H23F2NO4/c1-12(2,3)20-11(19)16-8(10(17)18)6-13(4,5)7-9(14)15/h8-9H,6-7H2,1-5H3,(H,16,19)(H,17,18). The Labute approximate surface area is 117 Å². The highest BCUT2D eigenvalue weighted by molar-refractivity contribution is 5.80. The number of carbonyl (C=O) groups excluding carboxylic acids is 1. The largest absolute Gasteiger partial charge is 0.480 e. The summed E-state index contributed by atoms with van der Waals surface area (Å²) in [5.41, 5.74) is -1.67. The number of aliphatic carboxylic acids is 1. The lowest BCUT2D eigenvalue weighted by Crippen LogP contribution is -2.45. The number of carboxylic acids is 1. The lowest BCUT2D eigenvalue weighted by molar-refractivity contribution is -0.140. The molecule has 118 valence electrons. The van der Waals surface area contributed by atoms with E-state index in [1.165, 1.54) is 13.8 Å². The molecule has 0 aliphatic rings. The van der Waals surface area contributed by atoms with Crippen LogP contribution in [0.25, 0.3) is 0 Å². The number of hydrogen-bond acceptors (Lipinski definition) is 3. The van der Waals surface area contributed by atoms with Crippen molar-refractivity contribution in [3.8, 4) is 0 Å². The maximum atomic E-state index is 12.4. The Morgan fingerprint density at radius 1 is 1.15 bits per heavy atom. The third-order valence-corrected chi connectivity index (χ3v) is 2.45. The first-order valence-electron chi connectivity index (χ1n) is 6.33. The zero-order valence-electron chi connectivity index (χ0n) is 12.5. The Bertz CT molecular complexity index is 351. The van der Waals surface area contributed by atoms with Gasteiger partial charge in [-0.1, -0.05) is 13.8 Å². The van der Waals surface area contributed by atoms with Crippen LogP contribution in [0.2, 0.25) is 0 Å². The molecule has 0 rings (SSSR count). The fraction of sp³-hybridized carbons (Fsp3) is 0.846. The van der Waals surface area contributed by atoms with Gasteiger partial charge in [-0.05, 0) is 32.6 Å². The molecular formula is C13H23F2NO4. The van der Waals surface area contributed by atoms with Crippen LogP contribution >= 0.6 is 0 Å². The fourth-order valence-electron chi connectivity index (χ4n) is 1.70. The molecule has 0 radical (unpaired) electrons. The van der Waals surface area contributed by atoms with Crippen molar-refractivity contribution in [1.29, 1.82) is 0 Å². The predicted octanol–water partition coefficient (Wildman–Crippen LogP) is 3.04. The van der Waals surface area contributed by atoms with Gasteiger partial charge in [0.1, 0.15) is 11.6 Å². The monoisotopic (exact) mass is 295 g/mol. The van der Waals surface area contributed by atoms with Crippen molar-refractivity contribution in [3.05, 3.63) is 0 Å². The SMILES string of the molecule is CC(C)(CC(F)F)CC(NC(=O)OC(C)(C)C)C(=O)O. The van der Waals surface area contributed by atoms with E-state index in [0.29, 0.717) is 0 Å². The van der Waals surface area contributed by atoms with Gasteiger partial charge in [0.05, 0.1) is 0 Å². The lowest BCUT2D eigenvalue weighted by atomic mass is 9.82. The number of halogens is 2. The van der Waals surface area contributed by atoms with E-state index in [1.54, 1.807) is 20.8 Å². The summed E-state index contributed by atoms with van der Waals surface area (Å²) in [6.45, 7) is 7.99. The second-order valence-electron chi connectivity index (χ2n) is 6.50. The highest BCUT2D eigenvalue weighted by atomic mass is 19.3. The van der Waals surface area contributed by atoms with Gasteiger partial charge in [0.25, 0.3) is 0 Å². The van der Waals surface area contributed by atoms with Gasteiger partial charge in [0, 0.05) is 6.42 Å². The topological polar surface area (TPSA) is 75.6 Å². The van der Waals surface area contributed by atoms with Crippen molar-refractivity contribution in [2.45, 2.75) is 65.5 Å². The van der Waals surface area contributed by atoms with E-state index >= 15 is 0 Å². The summed E-state index contributed by atoms with van der Waals surface area (Å²) in [5, 5.41) is 11.3. The van der Waals surface area contributed by atoms with Crippen molar-refractivity contribution in [3.63, 3.8) is 0 Å². The molecule has 0 fully saturated rings. The van der Waals surface area contributed by atoms with Gasteiger partial charge < -0.3 is 15.2 Å². The zero-order valence-corrected chi connectivity index (χ0v) is 12.5. The second-order valence-corrected chi connectivity index (χ2v) is 6.50. The number of alkyl carbamates (subject to hydrolysis) is 1.